The zero-order valence-electron chi connectivity index (χ0n) is 12.6. The van der Waals surface area contributed by atoms with E-state index in [1.807, 2.05) is 0 Å². The summed E-state index contributed by atoms with van der Waals surface area (Å²) in [6.45, 7) is 1.08. The summed E-state index contributed by atoms with van der Waals surface area (Å²) in [6, 6.07) is 8.53. The molecule has 2 rings (SSSR count). The van der Waals surface area contributed by atoms with Gasteiger partial charge in [-0.25, -0.2) is 4.79 Å². The summed E-state index contributed by atoms with van der Waals surface area (Å²) >= 11 is 0. The van der Waals surface area contributed by atoms with Crippen molar-refractivity contribution in [3.8, 4) is 5.75 Å². The van der Waals surface area contributed by atoms with E-state index in [1.54, 1.807) is 0 Å². The second-order valence-corrected chi connectivity index (χ2v) is 5.06. The van der Waals surface area contributed by atoms with Crippen LogP contribution < -0.4 is 4.74 Å². The number of carboxylic acids is 1. The Morgan fingerprint density at radius 1 is 1.08 bits per heavy atom. The monoisotopic (exact) mass is 338 g/mol. The number of ketones is 1. The van der Waals surface area contributed by atoms with Crippen LogP contribution in [-0.2, 0) is 12.8 Å². The van der Waals surface area contributed by atoms with Gasteiger partial charge in [-0.15, -0.1) is 0 Å². The number of aromatic carboxylic acids is 1. The quantitative estimate of drug-likeness (QED) is 0.831. The molecule has 2 aromatic rings. The summed E-state index contributed by atoms with van der Waals surface area (Å²) in [7, 11) is 0. The molecule has 0 bridgehead atoms. The number of carboxylic acid groups (broad SMARTS) is 1. The second kappa shape index (κ2) is 6.74. The van der Waals surface area contributed by atoms with Crippen LogP contribution in [0.25, 0.3) is 0 Å². The maximum atomic E-state index is 12.7. The van der Waals surface area contributed by atoms with E-state index in [1.165, 1.54) is 37.3 Å². The molecule has 2 aromatic carbocycles. The van der Waals surface area contributed by atoms with Crippen molar-refractivity contribution in [3.05, 3.63) is 64.7 Å². The number of carbonyl (C=O) groups excluding carboxylic acids is 1. The maximum absolute atomic E-state index is 12.7. The van der Waals surface area contributed by atoms with Crippen LogP contribution in [0.1, 0.15) is 38.8 Å². The van der Waals surface area contributed by atoms with E-state index in [0.29, 0.717) is 0 Å². The van der Waals surface area contributed by atoms with E-state index in [4.69, 9.17) is 9.84 Å². The Kier molecular flexibility index (Phi) is 4.92. The zero-order chi connectivity index (χ0) is 17.9. The first kappa shape index (κ1) is 17.5. The standard InChI is InChI=1S/C17H13F3O4/c1-10(21)14-6-5-13(8-15(14)16(22)23)24-9-11-3-2-4-12(7-11)17(18,19)20/h2-8H,9H2,1H3,(H,22,23). The molecule has 0 radical (unpaired) electrons. The summed E-state index contributed by atoms with van der Waals surface area (Å²) in [5.41, 5.74) is -0.683. The number of Topliss-reactive ketones (excluding diaryl/α,β-unsaturated/α-hetero) is 1. The van der Waals surface area contributed by atoms with Crippen molar-refractivity contribution in [2.45, 2.75) is 19.7 Å². The fourth-order valence-corrected chi connectivity index (χ4v) is 2.10. The van der Waals surface area contributed by atoms with Gasteiger partial charge in [0.1, 0.15) is 12.4 Å². The molecule has 1 N–H and O–H groups in total. The van der Waals surface area contributed by atoms with Crippen molar-refractivity contribution in [2.75, 3.05) is 0 Å². The van der Waals surface area contributed by atoms with E-state index in [0.717, 1.165) is 12.1 Å². The summed E-state index contributed by atoms with van der Waals surface area (Å²) in [5.74, 6) is -1.55. The van der Waals surface area contributed by atoms with Crippen LogP contribution in [0.5, 0.6) is 5.75 Å². The minimum Gasteiger partial charge on any atom is -0.489 e. The van der Waals surface area contributed by atoms with Crippen LogP contribution in [0.4, 0.5) is 13.2 Å². The SMILES string of the molecule is CC(=O)c1ccc(OCc2cccc(C(F)(F)F)c2)cc1C(=O)O. The maximum Gasteiger partial charge on any atom is 0.416 e. The Bertz CT molecular complexity index is 782. The van der Waals surface area contributed by atoms with Crippen molar-refractivity contribution in [1.82, 2.24) is 0 Å². The smallest absolute Gasteiger partial charge is 0.416 e. The Balaban J connectivity index is 2.19. The fourth-order valence-electron chi connectivity index (χ4n) is 2.10. The lowest BCUT2D eigenvalue weighted by Crippen LogP contribution is -2.08. The first-order valence-corrected chi connectivity index (χ1v) is 6.85. The number of alkyl halides is 3. The number of hydrogen-bond donors (Lipinski definition) is 1. The average molecular weight is 338 g/mol. The average Bonchev–Trinajstić information content (AvgIpc) is 2.52. The molecule has 0 spiro atoms. The summed E-state index contributed by atoms with van der Waals surface area (Å²) in [4.78, 5) is 22.6. The summed E-state index contributed by atoms with van der Waals surface area (Å²) < 4.78 is 43.3. The first-order chi connectivity index (χ1) is 11.2. The van der Waals surface area contributed by atoms with E-state index in [9.17, 15) is 22.8 Å². The van der Waals surface area contributed by atoms with Gasteiger partial charge in [0.15, 0.2) is 5.78 Å². The highest BCUT2D eigenvalue weighted by Gasteiger charge is 2.30. The molecule has 0 amide bonds. The van der Waals surface area contributed by atoms with E-state index in [2.05, 4.69) is 0 Å². The van der Waals surface area contributed by atoms with Gasteiger partial charge in [0.05, 0.1) is 11.1 Å². The van der Waals surface area contributed by atoms with Crippen LogP contribution in [0, 0.1) is 0 Å². The third kappa shape index (κ3) is 4.13. The molecule has 4 nitrogen and oxygen atoms in total. The van der Waals surface area contributed by atoms with Crippen LogP contribution >= 0.6 is 0 Å². The molecule has 126 valence electrons. The molecule has 0 atom stereocenters. The molecule has 0 aliphatic carbocycles. The number of ether oxygens (including phenoxy) is 1. The molecule has 24 heavy (non-hydrogen) atoms. The molecule has 0 unspecified atom stereocenters. The molecular weight excluding hydrogens is 325 g/mol. The van der Waals surface area contributed by atoms with Crippen LogP contribution in [-0.4, -0.2) is 16.9 Å². The summed E-state index contributed by atoms with van der Waals surface area (Å²) in [6.07, 6.45) is -4.45. The van der Waals surface area contributed by atoms with Gasteiger partial charge >= 0.3 is 12.1 Å². The normalized spacial score (nSPS) is 11.2. The third-order valence-corrected chi connectivity index (χ3v) is 3.26. The van der Waals surface area contributed by atoms with Gasteiger partial charge in [-0.1, -0.05) is 12.1 Å². The van der Waals surface area contributed by atoms with Gasteiger partial charge in [-0.05, 0) is 42.8 Å². The molecule has 7 heteroatoms. The number of benzene rings is 2. The highest BCUT2D eigenvalue weighted by atomic mass is 19.4. The second-order valence-electron chi connectivity index (χ2n) is 5.06. The highest BCUT2D eigenvalue weighted by Crippen LogP contribution is 2.30. The molecule has 0 saturated carbocycles. The minimum absolute atomic E-state index is 0.0360. The van der Waals surface area contributed by atoms with Gasteiger partial charge in [0.25, 0.3) is 0 Å². The van der Waals surface area contributed by atoms with Crippen molar-refractivity contribution < 1.29 is 32.6 Å². The molecule has 0 saturated heterocycles. The Labute approximate surface area is 135 Å². The van der Waals surface area contributed by atoms with Gasteiger partial charge in [-0.2, -0.15) is 13.2 Å². The van der Waals surface area contributed by atoms with Crippen LogP contribution in [0.2, 0.25) is 0 Å². The van der Waals surface area contributed by atoms with Gasteiger partial charge < -0.3 is 9.84 Å². The number of rotatable bonds is 5. The molecule has 0 aromatic heterocycles. The Hall–Kier alpha value is -2.83. The van der Waals surface area contributed by atoms with Crippen molar-refractivity contribution in [1.29, 1.82) is 0 Å². The predicted molar refractivity (Wildman–Crippen MR) is 79.2 cm³/mol. The lowest BCUT2D eigenvalue weighted by Gasteiger charge is -2.11. The topological polar surface area (TPSA) is 63.6 Å². The van der Waals surface area contributed by atoms with Gasteiger partial charge in [-0.3, -0.25) is 4.79 Å². The molecule has 0 heterocycles. The van der Waals surface area contributed by atoms with E-state index >= 15 is 0 Å². The molecule has 0 aliphatic rings. The highest BCUT2D eigenvalue weighted by molar-refractivity contribution is 6.05. The summed E-state index contributed by atoms with van der Waals surface area (Å²) in [5, 5.41) is 9.12. The lowest BCUT2D eigenvalue weighted by molar-refractivity contribution is -0.137. The molecule has 0 fully saturated rings. The predicted octanol–water partition coefficient (Wildman–Crippen LogP) is 4.19. The number of halogens is 3. The first-order valence-electron chi connectivity index (χ1n) is 6.85. The molecule has 0 aliphatic heterocycles. The largest absolute Gasteiger partial charge is 0.489 e. The van der Waals surface area contributed by atoms with Crippen LogP contribution in [0.15, 0.2) is 42.5 Å². The van der Waals surface area contributed by atoms with E-state index in [-0.39, 0.29) is 29.0 Å². The Morgan fingerprint density at radius 3 is 2.38 bits per heavy atom. The van der Waals surface area contributed by atoms with Gasteiger partial charge in [0.2, 0.25) is 0 Å². The van der Waals surface area contributed by atoms with Crippen molar-refractivity contribution >= 4 is 11.8 Å². The lowest BCUT2D eigenvalue weighted by atomic mass is 10.0. The third-order valence-electron chi connectivity index (χ3n) is 3.26. The number of carbonyl (C=O) groups is 2. The van der Waals surface area contributed by atoms with E-state index < -0.39 is 23.5 Å². The number of hydrogen-bond acceptors (Lipinski definition) is 3. The fraction of sp³-hybridized carbons (Fsp3) is 0.176. The zero-order valence-corrected chi connectivity index (χ0v) is 12.6. The Morgan fingerprint density at radius 2 is 1.79 bits per heavy atom. The minimum atomic E-state index is -4.45. The van der Waals surface area contributed by atoms with Gasteiger partial charge in [0, 0.05) is 5.56 Å². The van der Waals surface area contributed by atoms with Crippen LogP contribution in [0.3, 0.4) is 0 Å². The molecular formula is C17H13F3O4. The van der Waals surface area contributed by atoms with Crippen molar-refractivity contribution in [2.24, 2.45) is 0 Å². The van der Waals surface area contributed by atoms with Crippen molar-refractivity contribution in [3.63, 3.8) is 0 Å².